The molecule has 1 aliphatic rings. The van der Waals surface area contributed by atoms with Crippen molar-refractivity contribution in [3.05, 3.63) is 59.7 Å². The fourth-order valence-electron chi connectivity index (χ4n) is 2.38. The number of nitrogens with one attached hydrogen (secondary N) is 1. The minimum absolute atomic E-state index is 0.0214. The van der Waals surface area contributed by atoms with Crippen molar-refractivity contribution in [2.24, 2.45) is 5.10 Å². The van der Waals surface area contributed by atoms with Gasteiger partial charge in [0.1, 0.15) is 17.1 Å². The van der Waals surface area contributed by atoms with Gasteiger partial charge in [-0.3, -0.25) is 0 Å². The fourth-order valence-corrected chi connectivity index (χ4v) is 3.19. The number of hydrogen-bond donors (Lipinski definition) is 2. The van der Waals surface area contributed by atoms with Gasteiger partial charge in [0.2, 0.25) is 0 Å². The highest BCUT2D eigenvalue weighted by atomic mass is 32.2. The molecular formula is C18H18N2O4S. The Morgan fingerprint density at radius 1 is 1.16 bits per heavy atom. The van der Waals surface area contributed by atoms with Crippen molar-refractivity contribution in [2.45, 2.75) is 24.3 Å². The number of sulfonamides is 1. The van der Waals surface area contributed by atoms with Gasteiger partial charge in [-0.25, -0.2) is 4.83 Å². The van der Waals surface area contributed by atoms with Gasteiger partial charge in [0, 0.05) is 5.56 Å². The zero-order valence-corrected chi connectivity index (χ0v) is 14.6. The highest BCUT2D eigenvalue weighted by Crippen LogP contribution is 2.37. The van der Waals surface area contributed by atoms with E-state index < -0.39 is 15.6 Å². The van der Waals surface area contributed by atoms with Gasteiger partial charge in [0.25, 0.3) is 10.0 Å². The predicted octanol–water partition coefficient (Wildman–Crippen LogP) is 2.89. The van der Waals surface area contributed by atoms with Crippen molar-refractivity contribution < 1.29 is 18.3 Å². The lowest BCUT2D eigenvalue weighted by molar-refractivity contribution is 0.158. The first-order chi connectivity index (χ1) is 11.8. The molecule has 0 bridgehead atoms. The summed E-state index contributed by atoms with van der Waals surface area (Å²) >= 11 is 0. The number of phenols is 1. The molecule has 2 aromatic carbocycles. The molecule has 25 heavy (non-hydrogen) atoms. The Morgan fingerprint density at radius 3 is 2.60 bits per heavy atom. The normalized spacial score (nSPS) is 15.6. The fraction of sp³-hybridized carbons (Fsp3) is 0.167. The summed E-state index contributed by atoms with van der Waals surface area (Å²) < 4.78 is 30.0. The molecule has 0 aromatic heterocycles. The summed E-state index contributed by atoms with van der Waals surface area (Å²) in [5.74, 6) is 0.541. The Balaban J connectivity index is 1.81. The minimum Gasteiger partial charge on any atom is -0.506 e. The molecule has 0 saturated carbocycles. The van der Waals surface area contributed by atoms with E-state index in [1.54, 1.807) is 36.4 Å². The number of ether oxygens (including phenoxy) is 1. The Bertz CT molecular complexity index is 949. The first-order valence-corrected chi connectivity index (χ1v) is 9.11. The molecule has 130 valence electrons. The van der Waals surface area contributed by atoms with Crippen LogP contribution in [0.25, 0.3) is 6.08 Å². The Labute approximate surface area is 146 Å². The van der Waals surface area contributed by atoms with Crippen molar-refractivity contribution in [3.8, 4) is 11.5 Å². The van der Waals surface area contributed by atoms with Gasteiger partial charge in [-0.1, -0.05) is 18.2 Å². The van der Waals surface area contributed by atoms with Gasteiger partial charge in [-0.05, 0) is 50.3 Å². The number of benzene rings is 2. The summed E-state index contributed by atoms with van der Waals surface area (Å²) in [6, 6.07) is 11.3. The summed E-state index contributed by atoms with van der Waals surface area (Å²) in [6.07, 6.45) is 4.87. The Morgan fingerprint density at radius 2 is 1.88 bits per heavy atom. The van der Waals surface area contributed by atoms with Crippen LogP contribution in [0, 0.1) is 0 Å². The first-order valence-electron chi connectivity index (χ1n) is 7.63. The first kappa shape index (κ1) is 17.0. The van der Waals surface area contributed by atoms with Crippen molar-refractivity contribution in [1.82, 2.24) is 4.83 Å². The second-order valence-corrected chi connectivity index (χ2v) is 7.78. The molecule has 0 saturated heterocycles. The summed E-state index contributed by atoms with van der Waals surface area (Å²) in [4.78, 5) is 2.24. The van der Waals surface area contributed by atoms with Gasteiger partial charge in [-0.2, -0.15) is 13.5 Å². The van der Waals surface area contributed by atoms with E-state index in [2.05, 4.69) is 9.93 Å². The van der Waals surface area contributed by atoms with Crippen LogP contribution >= 0.6 is 0 Å². The molecule has 0 fully saturated rings. The highest BCUT2D eigenvalue weighted by Gasteiger charge is 2.24. The molecule has 1 aliphatic heterocycles. The van der Waals surface area contributed by atoms with Crippen molar-refractivity contribution in [3.63, 3.8) is 0 Å². The van der Waals surface area contributed by atoms with Crippen LogP contribution in [0.5, 0.6) is 11.5 Å². The minimum atomic E-state index is -3.74. The molecular weight excluding hydrogens is 340 g/mol. The lowest BCUT2D eigenvalue weighted by atomic mass is 10.00. The van der Waals surface area contributed by atoms with Crippen LogP contribution in [0.3, 0.4) is 0 Å². The lowest BCUT2D eigenvalue weighted by Gasteiger charge is -2.28. The summed E-state index contributed by atoms with van der Waals surface area (Å²) in [5.41, 5.74) is 0.469. The zero-order valence-electron chi connectivity index (χ0n) is 13.8. The maximum atomic E-state index is 12.1. The summed E-state index contributed by atoms with van der Waals surface area (Å²) in [7, 11) is -3.74. The van der Waals surface area contributed by atoms with Gasteiger partial charge < -0.3 is 9.84 Å². The molecule has 0 unspecified atom stereocenters. The molecule has 3 rings (SSSR count). The number of aromatic hydroxyl groups is 1. The van der Waals surface area contributed by atoms with Crippen molar-refractivity contribution in [1.29, 1.82) is 0 Å². The highest BCUT2D eigenvalue weighted by molar-refractivity contribution is 7.89. The molecule has 1 heterocycles. The SMILES string of the molecule is CC1(C)C=Cc2c(ccc(/C=N/NS(=O)(=O)c3ccccc3)c2O)O1. The van der Waals surface area contributed by atoms with Crippen LogP contribution in [0.4, 0.5) is 0 Å². The third kappa shape index (κ3) is 3.66. The monoisotopic (exact) mass is 358 g/mol. The van der Waals surface area contributed by atoms with E-state index in [1.807, 2.05) is 19.9 Å². The molecule has 2 N–H and O–H groups in total. The molecule has 0 aliphatic carbocycles. The topological polar surface area (TPSA) is 88.0 Å². The molecule has 7 heteroatoms. The average molecular weight is 358 g/mol. The summed E-state index contributed by atoms with van der Waals surface area (Å²) in [5, 5.41) is 14.1. The van der Waals surface area contributed by atoms with E-state index in [4.69, 9.17) is 4.74 Å². The largest absolute Gasteiger partial charge is 0.506 e. The Kier molecular flexibility index (Phi) is 4.26. The van der Waals surface area contributed by atoms with Gasteiger partial charge in [0.05, 0.1) is 16.7 Å². The van der Waals surface area contributed by atoms with E-state index >= 15 is 0 Å². The number of phenolic OH excluding ortho intramolecular Hbond substituents is 1. The van der Waals surface area contributed by atoms with Gasteiger partial charge in [-0.15, -0.1) is 0 Å². The smallest absolute Gasteiger partial charge is 0.276 e. The molecule has 0 atom stereocenters. The van der Waals surface area contributed by atoms with Crippen LogP contribution in [0.2, 0.25) is 0 Å². The van der Waals surface area contributed by atoms with E-state index in [0.717, 1.165) is 0 Å². The number of hydrogen-bond acceptors (Lipinski definition) is 5. The van der Waals surface area contributed by atoms with Crippen LogP contribution in [-0.4, -0.2) is 25.3 Å². The maximum absolute atomic E-state index is 12.1. The second-order valence-electron chi connectivity index (χ2n) is 6.12. The third-order valence-electron chi connectivity index (χ3n) is 3.66. The quantitative estimate of drug-likeness (QED) is 0.650. The number of fused-ring (bicyclic) bond motifs is 1. The average Bonchev–Trinajstić information content (AvgIpc) is 2.57. The lowest BCUT2D eigenvalue weighted by Crippen LogP contribution is -2.27. The van der Waals surface area contributed by atoms with Crippen LogP contribution in [0.15, 0.2) is 58.5 Å². The maximum Gasteiger partial charge on any atom is 0.276 e. The van der Waals surface area contributed by atoms with Gasteiger partial charge in [0.15, 0.2) is 0 Å². The second kappa shape index (κ2) is 6.25. The standard InChI is InChI=1S/C18H18N2O4S/c1-18(2)11-10-15-16(24-18)9-8-13(17(15)21)12-19-20-25(22,23)14-6-4-3-5-7-14/h3-12,20-21H,1-2H3/b19-12+. The van der Waals surface area contributed by atoms with Crippen LogP contribution < -0.4 is 9.57 Å². The predicted molar refractivity (Wildman–Crippen MR) is 96.2 cm³/mol. The molecule has 0 radical (unpaired) electrons. The molecule has 0 spiro atoms. The van der Waals surface area contributed by atoms with Crippen LogP contribution in [-0.2, 0) is 10.0 Å². The van der Waals surface area contributed by atoms with E-state index in [-0.39, 0.29) is 10.6 Å². The van der Waals surface area contributed by atoms with Crippen molar-refractivity contribution in [2.75, 3.05) is 0 Å². The van der Waals surface area contributed by atoms with E-state index in [1.165, 1.54) is 18.3 Å². The zero-order chi connectivity index (χ0) is 18.1. The summed E-state index contributed by atoms with van der Waals surface area (Å²) in [6.45, 7) is 3.83. The van der Waals surface area contributed by atoms with Crippen LogP contribution in [0.1, 0.15) is 25.0 Å². The van der Waals surface area contributed by atoms with E-state index in [9.17, 15) is 13.5 Å². The number of rotatable bonds is 4. The number of hydrazone groups is 1. The Hall–Kier alpha value is -2.80. The third-order valence-corrected chi connectivity index (χ3v) is 4.90. The van der Waals surface area contributed by atoms with Gasteiger partial charge >= 0.3 is 0 Å². The molecule has 6 nitrogen and oxygen atoms in total. The molecule has 0 amide bonds. The van der Waals surface area contributed by atoms with E-state index in [0.29, 0.717) is 16.9 Å². The number of nitrogens with zero attached hydrogens (tertiary/aromatic N) is 1. The van der Waals surface area contributed by atoms with Crippen molar-refractivity contribution >= 4 is 22.3 Å². The molecule has 2 aromatic rings.